The molecule has 166 valence electrons. The summed E-state index contributed by atoms with van der Waals surface area (Å²) in [5, 5.41) is 28.7. The summed E-state index contributed by atoms with van der Waals surface area (Å²) >= 11 is 0. The van der Waals surface area contributed by atoms with Crippen LogP contribution in [-0.4, -0.2) is 44.7 Å². The molecule has 4 N–H and O–H groups in total. The molecular weight excluding hydrogens is 432 g/mol. The minimum Gasteiger partial charge on any atom is -0.436 e. The van der Waals surface area contributed by atoms with Gasteiger partial charge in [0.2, 0.25) is 5.88 Å². The SMILES string of the molecule is OCC(CO)Nc1cc(Oc2ccc(F)cc2F)nc2n[nH]c(-c3ccc(F)cc3F)c12. The highest BCUT2D eigenvalue weighted by molar-refractivity contribution is 6.01. The van der Waals surface area contributed by atoms with E-state index in [4.69, 9.17) is 4.74 Å². The number of halogens is 4. The summed E-state index contributed by atoms with van der Waals surface area (Å²) in [6.07, 6.45) is 0. The van der Waals surface area contributed by atoms with Crippen LogP contribution in [0.3, 0.4) is 0 Å². The molecule has 4 rings (SSSR count). The molecule has 0 aliphatic rings. The zero-order chi connectivity index (χ0) is 22.8. The first-order chi connectivity index (χ1) is 15.4. The Bertz CT molecular complexity index is 1280. The van der Waals surface area contributed by atoms with Gasteiger partial charge in [-0.25, -0.2) is 17.6 Å². The number of anilines is 1. The van der Waals surface area contributed by atoms with Gasteiger partial charge in [-0.05, 0) is 24.3 Å². The Morgan fingerprint density at radius 1 is 0.938 bits per heavy atom. The lowest BCUT2D eigenvalue weighted by atomic mass is 10.1. The van der Waals surface area contributed by atoms with Crippen LogP contribution in [0.1, 0.15) is 0 Å². The van der Waals surface area contributed by atoms with Gasteiger partial charge in [0, 0.05) is 23.8 Å². The van der Waals surface area contributed by atoms with Crippen LogP contribution < -0.4 is 10.1 Å². The Labute approximate surface area is 178 Å². The first-order valence-corrected chi connectivity index (χ1v) is 9.35. The molecule has 32 heavy (non-hydrogen) atoms. The smallest absolute Gasteiger partial charge is 0.223 e. The van der Waals surface area contributed by atoms with E-state index in [1.807, 2.05) is 0 Å². The highest BCUT2D eigenvalue weighted by Crippen LogP contribution is 2.36. The molecule has 0 fully saturated rings. The third kappa shape index (κ3) is 4.20. The molecule has 0 spiro atoms. The van der Waals surface area contributed by atoms with Crippen molar-refractivity contribution < 1.29 is 32.5 Å². The largest absolute Gasteiger partial charge is 0.436 e. The van der Waals surface area contributed by atoms with Crippen molar-refractivity contribution in [3.05, 3.63) is 65.7 Å². The quantitative estimate of drug-likeness (QED) is 0.321. The number of H-pyrrole nitrogens is 1. The predicted molar refractivity (Wildman–Crippen MR) is 107 cm³/mol. The zero-order valence-corrected chi connectivity index (χ0v) is 16.2. The van der Waals surface area contributed by atoms with Crippen LogP contribution in [0.25, 0.3) is 22.3 Å². The molecule has 0 saturated heterocycles. The molecule has 2 aromatic heterocycles. The van der Waals surface area contributed by atoms with Crippen molar-refractivity contribution in [3.63, 3.8) is 0 Å². The second-order valence-electron chi connectivity index (χ2n) is 6.81. The molecule has 11 heteroatoms. The molecule has 0 aliphatic heterocycles. The lowest BCUT2D eigenvalue weighted by molar-refractivity contribution is 0.204. The predicted octanol–water partition coefficient (Wildman–Crippen LogP) is 3.74. The second-order valence-corrected chi connectivity index (χ2v) is 6.81. The molecule has 0 unspecified atom stereocenters. The number of aliphatic hydroxyl groups is 2. The molecule has 0 atom stereocenters. The van der Waals surface area contributed by atoms with E-state index in [1.54, 1.807) is 0 Å². The molecule has 4 aromatic rings. The molecule has 0 bridgehead atoms. The number of pyridine rings is 1. The number of rotatable bonds is 7. The summed E-state index contributed by atoms with van der Waals surface area (Å²) in [6.45, 7) is -0.887. The molecule has 2 heterocycles. The van der Waals surface area contributed by atoms with Crippen molar-refractivity contribution in [1.82, 2.24) is 15.2 Å². The van der Waals surface area contributed by atoms with E-state index in [0.29, 0.717) is 12.1 Å². The maximum atomic E-state index is 14.4. The maximum absolute atomic E-state index is 14.4. The number of fused-ring (bicyclic) bond motifs is 1. The number of nitrogens with one attached hydrogen (secondary N) is 2. The third-order valence-corrected chi connectivity index (χ3v) is 4.61. The van der Waals surface area contributed by atoms with Crippen LogP contribution in [-0.2, 0) is 0 Å². The van der Waals surface area contributed by atoms with Crippen LogP contribution in [0.15, 0.2) is 42.5 Å². The van der Waals surface area contributed by atoms with Gasteiger partial charge in [-0.15, -0.1) is 0 Å². The van der Waals surface area contributed by atoms with Crippen LogP contribution in [0.5, 0.6) is 11.6 Å². The Kier molecular flexibility index (Phi) is 5.93. The van der Waals surface area contributed by atoms with Crippen molar-refractivity contribution in [2.24, 2.45) is 0 Å². The summed E-state index contributed by atoms with van der Waals surface area (Å²) in [6, 6.07) is 6.25. The minimum atomic E-state index is -0.957. The topological polar surface area (TPSA) is 103 Å². The van der Waals surface area contributed by atoms with E-state index in [1.165, 1.54) is 12.1 Å². The number of aliphatic hydroxyl groups excluding tert-OH is 2. The van der Waals surface area contributed by atoms with Gasteiger partial charge in [-0.1, -0.05) is 0 Å². The fourth-order valence-corrected chi connectivity index (χ4v) is 3.09. The Balaban J connectivity index is 1.84. The van der Waals surface area contributed by atoms with Crippen molar-refractivity contribution in [1.29, 1.82) is 0 Å². The average molecular weight is 448 g/mol. The normalized spacial score (nSPS) is 11.3. The van der Waals surface area contributed by atoms with Gasteiger partial charge >= 0.3 is 0 Å². The second kappa shape index (κ2) is 8.81. The van der Waals surface area contributed by atoms with Crippen LogP contribution in [0, 0.1) is 23.3 Å². The summed E-state index contributed by atoms with van der Waals surface area (Å²) < 4.78 is 60.3. The average Bonchev–Trinajstić information content (AvgIpc) is 3.18. The Morgan fingerprint density at radius 2 is 1.62 bits per heavy atom. The summed E-state index contributed by atoms with van der Waals surface area (Å²) in [5.41, 5.74) is 0.400. The van der Waals surface area contributed by atoms with Crippen molar-refractivity contribution in [2.45, 2.75) is 6.04 Å². The summed E-state index contributed by atoms with van der Waals surface area (Å²) in [4.78, 5) is 4.16. The Morgan fingerprint density at radius 3 is 2.28 bits per heavy atom. The lowest BCUT2D eigenvalue weighted by Crippen LogP contribution is -2.27. The molecule has 0 saturated carbocycles. The first kappa shape index (κ1) is 21.5. The highest BCUT2D eigenvalue weighted by Gasteiger charge is 2.21. The standard InChI is InChI=1S/C21H16F4N4O3/c22-10-1-3-13(14(24)5-10)20-19-16(26-12(8-30)9-31)7-18(27-21(19)29-28-20)32-17-4-2-11(23)6-15(17)25/h1-7,12,30-31H,8-9H2,(H2,26,27,28,29). The number of benzene rings is 2. The van der Waals surface area contributed by atoms with Crippen LogP contribution >= 0.6 is 0 Å². The van der Waals surface area contributed by atoms with Crippen molar-refractivity contribution >= 4 is 16.7 Å². The number of hydrogen-bond donors (Lipinski definition) is 4. The van der Waals surface area contributed by atoms with Crippen molar-refractivity contribution in [3.8, 4) is 22.9 Å². The molecule has 0 radical (unpaired) electrons. The number of hydrogen-bond acceptors (Lipinski definition) is 6. The minimum absolute atomic E-state index is 0.00143. The highest BCUT2D eigenvalue weighted by atomic mass is 19.1. The van der Waals surface area contributed by atoms with E-state index in [9.17, 15) is 27.8 Å². The third-order valence-electron chi connectivity index (χ3n) is 4.61. The first-order valence-electron chi connectivity index (χ1n) is 9.35. The monoisotopic (exact) mass is 448 g/mol. The van der Waals surface area contributed by atoms with Crippen LogP contribution in [0.2, 0.25) is 0 Å². The van der Waals surface area contributed by atoms with E-state index in [-0.39, 0.29) is 39.6 Å². The van der Waals surface area contributed by atoms with Gasteiger partial charge in [0.1, 0.15) is 17.5 Å². The van der Waals surface area contributed by atoms with E-state index in [2.05, 4.69) is 20.5 Å². The van der Waals surface area contributed by atoms with Gasteiger partial charge in [0.15, 0.2) is 17.2 Å². The summed E-state index contributed by atoms with van der Waals surface area (Å²) in [7, 11) is 0. The number of ether oxygens (including phenoxy) is 1. The summed E-state index contributed by atoms with van der Waals surface area (Å²) in [5.74, 6) is -3.79. The number of nitrogens with zero attached hydrogens (tertiary/aromatic N) is 2. The van der Waals surface area contributed by atoms with Crippen LogP contribution in [0.4, 0.5) is 23.2 Å². The molecule has 7 nitrogen and oxygen atoms in total. The fraction of sp³-hybridized carbons (Fsp3) is 0.143. The number of aromatic nitrogens is 3. The van der Waals surface area contributed by atoms with Gasteiger partial charge in [-0.3, -0.25) is 5.10 Å². The molecule has 0 amide bonds. The van der Waals surface area contributed by atoms with E-state index in [0.717, 1.165) is 18.2 Å². The van der Waals surface area contributed by atoms with Gasteiger partial charge in [0.05, 0.1) is 36.0 Å². The Hall–Kier alpha value is -3.70. The van der Waals surface area contributed by atoms with Crippen molar-refractivity contribution in [2.75, 3.05) is 18.5 Å². The van der Waals surface area contributed by atoms with Gasteiger partial charge in [-0.2, -0.15) is 10.1 Å². The maximum Gasteiger partial charge on any atom is 0.223 e. The number of aromatic amines is 1. The van der Waals surface area contributed by atoms with Gasteiger partial charge < -0.3 is 20.3 Å². The fourth-order valence-electron chi connectivity index (χ4n) is 3.09. The van der Waals surface area contributed by atoms with E-state index >= 15 is 0 Å². The lowest BCUT2D eigenvalue weighted by Gasteiger charge is -2.17. The molecule has 0 aliphatic carbocycles. The zero-order valence-electron chi connectivity index (χ0n) is 16.2. The molecule has 2 aromatic carbocycles. The molecular formula is C21H16F4N4O3. The van der Waals surface area contributed by atoms with E-state index < -0.39 is 42.5 Å². The van der Waals surface area contributed by atoms with Gasteiger partial charge in [0.25, 0.3) is 0 Å².